The van der Waals surface area contributed by atoms with E-state index in [0.717, 1.165) is 32.5 Å². The molecule has 3 heterocycles. The zero-order valence-corrected chi connectivity index (χ0v) is 22.3. The smallest absolute Gasteiger partial charge is 0.259 e. The van der Waals surface area contributed by atoms with Crippen molar-refractivity contribution in [2.75, 3.05) is 39.3 Å². The van der Waals surface area contributed by atoms with E-state index in [1.54, 1.807) is 34.8 Å². The number of carbonyl (C=O) groups is 1. The minimum absolute atomic E-state index is 0.0767. The molecule has 1 amide bonds. The van der Waals surface area contributed by atoms with Crippen LogP contribution in [0.4, 0.5) is 0 Å². The summed E-state index contributed by atoms with van der Waals surface area (Å²) in [5.74, 6) is 0.198. The van der Waals surface area contributed by atoms with E-state index in [-0.39, 0.29) is 21.8 Å². The number of hydrogen-bond acceptors (Lipinski definition) is 5. The second kappa shape index (κ2) is 10.4. The summed E-state index contributed by atoms with van der Waals surface area (Å²) < 4.78 is 29.8. The fourth-order valence-corrected chi connectivity index (χ4v) is 6.78. The molecule has 37 heavy (non-hydrogen) atoms. The minimum Gasteiger partial charge on any atom is -0.350 e. The Hall–Kier alpha value is -3.01. The van der Waals surface area contributed by atoms with Crippen molar-refractivity contribution < 1.29 is 13.2 Å². The number of piperazine rings is 1. The van der Waals surface area contributed by atoms with Crippen LogP contribution in [0.15, 0.2) is 64.4 Å². The van der Waals surface area contributed by atoms with Gasteiger partial charge in [-0.2, -0.15) is 4.31 Å². The molecule has 0 unspecified atom stereocenters. The Morgan fingerprint density at radius 3 is 2.30 bits per heavy atom. The molecule has 2 aromatic carbocycles. The van der Waals surface area contributed by atoms with E-state index in [1.165, 1.54) is 15.9 Å². The first kappa shape index (κ1) is 25.6. The van der Waals surface area contributed by atoms with E-state index < -0.39 is 15.5 Å². The van der Waals surface area contributed by atoms with E-state index in [2.05, 4.69) is 24.0 Å². The van der Waals surface area contributed by atoms with Crippen LogP contribution in [-0.4, -0.2) is 72.3 Å². The van der Waals surface area contributed by atoms with Gasteiger partial charge in [-0.05, 0) is 42.5 Å². The molecule has 0 spiro atoms. The van der Waals surface area contributed by atoms with E-state index in [0.29, 0.717) is 37.6 Å². The summed E-state index contributed by atoms with van der Waals surface area (Å²) in [4.78, 5) is 31.0. The molecule has 9 heteroatoms. The van der Waals surface area contributed by atoms with E-state index in [9.17, 15) is 18.0 Å². The highest BCUT2D eigenvalue weighted by Crippen LogP contribution is 2.25. The molecule has 0 atom stereocenters. The summed E-state index contributed by atoms with van der Waals surface area (Å²) in [6.07, 6.45) is 3.22. The molecule has 0 aliphatic carbocycles. The van der Waals surface area contributed by atoms with Crippen molar-refractivity contribution in [2.24, 2.45) is 13.0 Å². The van der Waals surface area contributed by atoms with Gasteiger partial charge in [-0.1, -0.05) is 37.3 Å². The Balaban J connectivity index is 1.37. The van der Waals surface area contributed by atoms with E-state index in [1.807, 2.05) is 18.2 Å². The Kier molecular flexibility index (Phi) is 7.20. The lowest BCUT2D eigenvalue weighted by molar-refractivity contribution is 0.0626. The van der Waals surface area contributed by atoms with Gasteiger partial charge in [0.2, 0.25) is 15.5 Å². The standard InChI is InChI=1S/C28H34N4O4S/c1-21-10-12-32(13-11-21)37(35,36)23-8-9-26-24(18-23)27(33)25(20-29(26)2)28(34)31-16-14-30(15-17-31)19-22-6-4-3-5-7-22/h3-9,18,20-21H,10-17,19H2,1-2H3. The maximum atomic E-state index is 13.5. The third kappa shape index (κ3) is 5.21. The van der Waals surface area contributed by atoms with Gasteiger partial charge in [0.25, 0.3) is 5.91 Å². The molecule has 2 fully saturated rings. The maximum Gasteiger partial charge on any atom is 0.259 e. The second-order valence-electron chi connectivity index (χ2n) is 10.3. The van der Waals surface area contributed by atoms with Crippen LogP contribution in [0.1, 0.15) is 35.7 Å². The van der Waals surface area contributed by atoms with Gasteiger partial charge in [0.05, 0.1) is 10.4 Å². The molecule has 8 nitrogen and oxygen atoms in total. The van der Waals surface area contributed by atoms with Crippen LogP contribution in [-0.2, 0) is 23.6 Å². The van der Waals surface area contributed by atoms with Gasteiger partial charge in [0.1, 0.15) is 5.56 Å². The van der Waals surface area contributed by atoms with Crippen molar-refractivity contribution in [1.82, 2.24) is 18.7 Å². The summed E-state index contributed by atoms with van der Waals surface area (Å²) >= 11 is 0. The quantitative estimate of drug-likeness (QED) is 0.515. The predicted molar refractivity (Wildman–Crippen MR) is 144 cm³/mol. The molecule has 0 radical (unpaired) electrons. The third-order valence-corrected chi connectivity index (χ3v) is 9.57. The average Bonchev–Trinajstić information content (AvgIpc) is 2.91. The second-order valence-corrected chi connectivity index (χ2v) is 12.2. The number of pyridine rings is 1. The Labute approximate surface area is 218 Å². The van der Waals surface area contributed by atoms with Crippen molar-refractivity contribution in [3.05, 3.63) is 76.1 Å². The summed E-state index contributed by atoms with van der Waals surface area (Å²) in [5.41, 5.74) is 1.48. The zero-order valence-electron chi connectivity index (χ0n) is 21.5. The monoisotopic (exact) mass is 522 g/mol. The summed E-state index contributed by atoms with van der Waals surface area (Å²) in [6, 6.07) is 14.9. The molecule has 196 valence electrons. The number of amides is 1. The first-order valence-electron chi connectivity index (χ1n) is 12.9. The minimum atomic E-state index is -3.71. The van der Waals surface area contributed by atoms with Crippen LogP contribution in [0, 0.1) is 5.92 Å². The number of sulfonamides is 1. The van der Waals surface area contributed by atoms with Crippen molar-refractivity contribution in [3.63, 3.8) is 0 Å². The van der Waals surface area contributed by atoms with Crippen molar-refractivity contribution in [1.29, 1.82) is 0 Å². The van der Waals surface area contributed by atoms with E-state index in [4.69, 9.17) is 0 Å². The van der Waals surface area contributed by atoms with Gasteiger partial charge < -0.3 is 9.47 Å². The van der Waals surface area contributed by atoms with Crippen LogP contribution in [0.5, 0.6) is 0 Å². The Bertz CT molecular complexity index is 1450. The first-order chi connectivity index (χ1) is 17.7. The topological polar surface area (TPSA) is 82.9 Å². The Morgan fingerprint density at radius 1 is 0.946 bits per heavy atom. The number of nitrogens with zero attached hydrogens (tertiary/aromatic N) is 4. The largest absolute Gasteiger partial charge is 0.350 e. The third-order valence-electron chi connectivity index (χ3n) is 7.68. The van der Waals surface area contributed by atoms with Crippen molar-refractivity contribution >= 4 is 26.8 Å². The highest BCUT2D eigenvalue weighted by molar-refractivity contribution is 7.89. The van der Waals surface area contributed by atoms with Gasteiger partial charge in [-0.15, -0.1) is 0 Å². The molecule has 0 bridgehead atoms. The van der Waals surface area contributed by atoms with Gasteiger partial charge in [-0.3, -0.25) is 14.5 Å². The normalized spacial score (nSPS) is 18.4. The fraction of sp³-hybridized carbons (Fsp3) is 0.429. The molecular weight excluding hydrogens is 488 g/mol. The van der Waals surface area contributed by atoms with Crippen molar-refractivity contribution in [3.8, 4) is 0 Å². The number of aromatic nitrogens is 1. The lowest BCUT2D eigenvalue weighted by Crippen LogP contribution is -2.49. The molecule has 2 aliphatic rings. The lowest BCUT2D eigenvalue weighted by atomic mass is 10.0. The molecule has 0 saturated carbocycles. The number of piperidine rings is 1. The molecule has 1 aromatic heterocycles. The number of fused-ring (bicyclic) bond motifs is 1. The highest BCUT2D eigenvalue weighted by Gasteiger charge is 2.29. The van der Waals surface area contributed by atoms with Gasteiger partial charge >= 0.3 is 0 Å². The average molecular weight is 523 g/mol. The van der Waals surface area contributed by atoms with Crippen LogP contribution in [0.25, 0.3) is 10.9 Å². The molecule has 0 N–H and O–H groups in total. The molecule has 3 aromatic rings. The van der Waals surface area contributed by atoms with Crippen LogP contribution in [0.2, 0.25) is 0 Å². The summed E-state index contributed by atoms with van der Waals surface area (Å²) in [6.45, 7) is 6.45. The molecule has 2 saturated heterocycles. The Morgan fingerprint density at radius 2 is 1.62 bits per heavy atom. The van der Waals surface area contributed by atoms with Gasteiger partial charge in [0.15, 0.2) is 0 Å². The summed E-state index contributed by atoms with van der Waals surface area (Å²) in [7, 11) is -1.93. The number of benzene rings is 2. The maximum absolute atomic E-state index is 13.5. The number of carbonyl (C=O) groups excluding carboxylic acids is 1. The number of aryl methyl sites for hydroxylation is 1. The number of rotatable bonds is 5. The van der Waals surface area contributed by atoms with Crippen LogP contribution >= 0.6 is 0 Å². The van der Waals surface area contributed by atoms with Crippen molar-refractivity contribution in [2.45, 2.75) is 31.2 Å². The van der Waals surface area contributed by atoms with Gasteiger partial charge in [-0.25, -0.2) is 8.42 Å². The first-order valence-corrected chi connectivity index (χ1v) is 14.4. The van der Waals surface area contributed by atoms with Gasteiger partial charge in [0, 0.05) is 64.4 Å². The van der Waals surface area contributed by atoms with Crippen LogP contribution in [0.3, 0.4) is 0 Å². The SMILES string of the molecule is CC1CCN(S(=O)(=O)c2ccc3c(c2)c(=O)c(C(=O)N2CCN(Cc4ccccc4)CC2)cn3C)CC1. The zero-order chi connectivity index (χ0) is 26.2. The molecule has 5 rings (SSSR count). The number of hydrogen-bond donors (Lipinski definition) is 0. The van der Waals surface area contributed by atoms with E-state index >= 15 is 0 Å². The molecule has 2 aliphatic heterocycles. The predicted octanol–water partition coefficient (Wildman–Crippen LogP) is 2.92. The van der Waals surface area contributed by atoms with Crippen LogP contribution < -0.4 is 5.43 Å². The highest BCUT2D eigenvalue weighted by atomic mass is 32.2. The summed E-state index contributed by atoms with van der Waals surface area (Å²) in [5, 5.41) is 0.252. The molecular formula is C28H34N4O4S. The lowest BCUT2D eigenvalue weighted by Gasteiger charge is -2.34. The fourth-order valence-electron chi connectivity index (χ4n) is 5.28.